The van der Waals surface area contributed by atoms with E-state index in [1.54, 1.807) is 5.01 Å². The van der Waals surface area contributed by atoms with Crippen molar-refractivity contribution in [2.75, 3.05) is 46.4 Å². The second-order valence-corrected chi connectivity index (χ2v) is 23.8. The average Bonchev–Trinajstić information content (AvgIpc) is 4.02. The number of likely N-dealkylation sites (N-methyl/N-ethyl adjacent to an activating group) is 1. The number of esters is 1. The molecule has 2 aliphatic carbocycles. The Kier molecular flexibility index (Phi) is 12.9. The molecule has 3 amide bonds. The molecule has 6 fully saturated rings. The smallest absolute Gasteiger partial charge is 0.324 e. The molecule has 11 rings (SSSR count). The van der Waals surface area contributed by atoms with Crippen molar-refractivity contribution in [2.45, 2.75) is 154 Å². The van der Waals surface area contributed by atoms with Gasteiger partial charge >= 0.3 is 5.97 Å². The van der Waals surface area contributed by atoms with Crippen LogP contribution in [0.15, 0.2) is 60.8 Å². The van der Waals surface area contributed by atoms with E-state index < -0.39 is 17.5 Å². The van der Waals surface area contributed by atoms with Crippen LogP contribution in [0.5, 0.6) is 0 Å². The number of aryl methyl sites for hydroxylation is 1. The van der Waals surface area contributed by atoms with Gasteiger partial charge in [0, 0.05) is 78.7 Å². The Hall–Kier alpha value is -5.11. The lowest BCUT2D eigenvalue weighted by Crippen LogP contribution is -2.62. The van der Waals surface area contributed by atoms with E-state index in [9.17, 15) is 9.59 Å². The van der Waals surface area contributed by atoms with Crippen molar-refractivity contribution in [3.05, 3.63) is 77.6 Å². The van der Waals surface area contributed by atoms with Crippen molar-refractivity contribution >= 4 is 34.6 Å². The van der Waals surface area contributed by atoms with Crippen LogP contribution in [-0.4, -0.2) is 130 Å². The maximum Gasteiger partial charge on any atom is 0.324 e. The Labute approximate surface area is 420 Å². The quantitative estimate of drug-likeness (QED) is 0.128. The Balaban J connectivity index is 0.915. The van der Waals surface area contributed by atoms with Gasteiger partial charge in [0.2, 0.25) is 11.8 Å². The van der Waals surface area contributed by atoms with Gasteiger partial charge in [-0.2, -0.15) is 0 Å². The number of hydrogen-bond acceptors (Lipinski definition) is 9. The number of benzene rings is 2. The van der Waals surface area contributed by atoms with Crippen LogP contribution in [0.4, 0.5) is 0 Å². The highest BCUT2D eigenvalue weighted by Crippen LogP contribution is 2.49. The number of rotatable bonds is 9. The molecule has 2 N–H and O–H groups in total. The third-order valence-corrected chi connectivity index (χ3v) is 17.7. The predicted molar refractivity (Wildman–Crippen MR) is 276 cm³/mol. The maximum absolute atomic E-state index is 15.2. The summed E-state index contributed by atoms with van der Waals surface area (Å²) in [6.07, 6.45) is 12.5. The van der Waals surface area contributed by atoms with Gasteiger partial charge < -0.3 is 19.5 Å². The summed E-state index contributed by atoms with van der Waals surface area (Å²) in [5, 5.41) is 6.12. The fourth-order valence-corrected chi connectivity index (χ4v) is 13.8. The van der Waals surface area contributed by atoms with Gasteiger partial charge in [-0.15, -0.1) is 0 Å². The molecule has 5 aliphatic heterocycles. The Morgan fingerprint density at radius 3 is 2.48 bits per heavy atom. The number of pyridine rings is 1. The van der Waals surface area contributed by atoms with Gasteiger partial charge in [-0.3, -0.25) is 39.0 Å². The maximum atomic E-state index is 15.2. The van der Waals surface area contributed by atoms with Crippen molar-refractivity contribution in [1.82, 2.24) is 40.0 Å². The number of hydrogen-bond donors (Lipinski definition) is 2. The first-order chi connectivity index (χ1) is 34.2. The zero-order valence-corrected chi connectivity index (χ0v) is 43.1. The Bertz CT molecular complexity index is 2700. The van der Waals surface area contributed by atoms with Crippen LogP contribution in [0.2, 0.25) is 0 Å². The number of fused-ring (bicyclic) bond motifs is 6. The van der Waals surface area contributed by atoms with Crippen molar-refractivity contribution < 1.29 is 23.9 Å². The van der Waals surface area contributed by atoms with Gasteiger partial charge in [0.05, 0.1) is 24.0 Å². The van der Waals surface area contributed by atoms with E-state index in [0.29, 0.717) is 50.1 Å². The summed E-state index contributed by atoms with van der Waals surface area (Å²) >= 11 is 0. The first-order valence-corrected chi connectivity index (χ1v) is 27.2. The predicted octanol–water partition coefficient (Wildman–Crippen LogP) is 7.74. The van der Waals surface area contributed by atoms with E-state index in [1.807, 2.05) is 12.3 Å². The highest BCUT2D eigenvalue weighted by atomic mass is 16.5. The second-order valence-electron chi connectivity index (χ2n) is 23.8. The molecule has 2 aromatic carbocycles. The van der Waals surface area contributed by atoms with E-state index in [4.69, 9.17) is 9.72 Å². The molecule has 1 spiro atoms. The van der Waals surface area contributed by atoms with E-state index >= 15 is 9.59 Å². The number of carbonyl (C=O) groups excluding carboxylic acids is 4. The minimum absolute atomic E-state index is 0.0255. The number of likely N-dealkylation sites (tertiary alicyclic amines) is 2. The molecule has 7 heterocycles. The summed E-state index contributed by atoms with van der Waals surface area (Å²) in [5.74, 6) is 0.662. The van der Waals surface area contributed by atoms with Crippen molar-refractivity contribution in [3.63, 3.8) is 0 Å². The first kappa shape index (κ1) is 48.2. The van der Waals surface area contributed by atoms with Gasteiger partial charge in [0.15, 0.2) is 0 Å². The number of ether oxygens (including phenoxy) is 1. The zero-order valence-electron chi connectivity index (χ0n) is 43.1. The fourth-order valence-electron chi connectivity index (χ4n) is 13.8. The molecular weight excluding hydrogens is 889 g/mol. The Morgan fingerprint density at radius 2 is 1.70 bits per heavy atom. The number of nitrogens with zero attached hydrogens (tertiary/aromatic N) is 6. The topological polar surface area (TPSA) is 132 Å². The van der Waals surface area contributed by atoms with Crippen molar-refractivity contribution in [1.29, 1.82) is 0 Å². The molecule has 13 nitrogen and oxygen atoms in total. The summed E-state index contributed by atoms with van der Waals surface area (Å²) in [7, 11) is 2.10. The standard InChI is InChI=1S/C58H76N8O5/c1-7-65-47-22-21-41-31-43(47)44(51(65)42-17-11-25-59-48(42)36(2)3)32-57(4,5)35-71-56(70)45-18-12-26-66(61-45)54(68)46(30-37-13-10-16-40(41)29-37)60-53(67)50(38-14-8-9-15-38)63-27-23-58(33-63)24-28-64(34-58)55(69)52-49(62(52)6)39-19-20-39/h10-11,13,16-17,21-22,25,29,31,36,38-39,45-46,49-50,52,61H,7-9,12,14-15,18-20,23-24,26-28,30,32-35H2,1-6H3,(H,60,67)/t45-,46-,49+,50-,52+,58-,62?/m0/s1. The summed E-state index contributed by atoms with van der Waals surface area (Å²) in [5.41, 5.74) is 11.6. The minimum Gasteiger partial charge on any atom is -0.464 e. The SMILES string of the molecule is CCn1c(-c2cccnc2C(C)C)c2c3cc(ccc31)-c1cccc(c1)C[C@H](NC(=O)[C@H](C1CCCC1)N1CC[C@]3(CCN(C(=O)[C@H]4[C@@H](C5CC5)N4C)C3)C1)C(=O)N1CCC[C@H](N1)C(=O)OCC(C)(C)C2. The van der Waals surface area contributed by atoms with Gasteiger partial charge in [-0.25, -0.2) is 5.43 Å². The lowest BCUT2D eigenvalue weighted by molar-refractivity contribution is -0.155. The third-order valence-electron chi connectivity index (χ3n) is 17.7. The molecule has 0 radical (unpaired) electrons. The summed E-state index contributed by atoms with van der Waals surface area (Å²) in [6.45, 7) is 15.4. The lowest BCUT2D eigenvalue weighted by Gasteiger charge is -2.37. The summed E-state index contributed by atoms with van der Waals surface area (Å²) < 4.78 is 8.64. The minimum atomic E-state index is -0.877. The summed E-state index contributed by atoms with van der Waals surface area (Å²) in [4.78, 5) is 69.9. The highest BCUT2D eigenvalue weighted by molar-refractivity contribution is 5.96. The molecule has 2 aromatic heterocycles. The van der Waals surface area contributed by atoms with E-state index in [2.05, 4.69) is 120 Å². The van der Waals surface area contributed by atoms with E-state index in [-0.39, 0.29) is 53.7 Å². The molecule has 71 heavy (non-hydrogen) atoms. The molecule has 2 saturated carbocycles. The molecule has 7 aliphatic rings. The Morgan fingerprint density at radius 1 is 0.915 bits per heavy atom. The van der Waals surface area contributed by atoms with Gasteiger partial charge in [0.25, 0.3) is 5.91 Å². The first-order valence-electron chi connectivity index (χ1n) is 27.2. The van der Waals surface area contributed by atoms with Crippen LogP contribution in [0.1, 0.15) is 122 Å². The molecule has 7 atom stereocenters. The largest absolute Gasteiger partial charge is 0.464 e. The second kappa shape index (κ2) is 19.1. The van der Waals surface area contributed by atoms with Crippen LogP contribution in [0.3, 0.4) is 0 Å². The zero-order chi connectivity index (χ0) is 49.3. The average molecular weight is 965 g/mol. The van der Waals surface area contributed by atoms with Crippen molar-refractivity contribution in [3.8, 4) is 22.4 Å². The normalized spacial score (nSPS) is 28.7. The van der Waals surface area contributed by atoms with Gasteiger partial charge in [0.1, 0.15) is 18.1 Å². The lowest BCUT2D eigenvalue weighted by atomic mass is 9.83. The highest BCUT2D eigenvalue weighted by Gasteiger charge is 2.59. The fraction of sp³-hybridized carbons (Fsp3) is 0.603. The van der Waals surface area contributed by atoms with Crippen LogP contribution in [0.25, 0.3) is 33.3 Å². The molecule has 4 aromatic rings. The monoisotopic (exact) mass is 965 g/mol. The molecular formula is C58H76N8O5. The van der Waals surface area contributed by atoms with E-state index in [0.717, 1.165) is 116 Å². The van der Waals surface area contributed by atoms with E-state index in [1.165, 1.54) is 18.4 Å². The number of hydrazine groups is 1. The van der Waals surface area contributed by atoms with Crippen LogP contribution in [-0.2, 0) is 43.3 Å². The molecule has 4 saturated heterocycles. The molecule has 1 unspecified atom stereocenters. The summed E-state index contributed by atoms with van der Waals surface area (Å²) in [6, 6.07) is 17.9. The number of nitrogens with one attached hydrogen (secondary N) is 2. The molecule has 13 heteroatoms. The molecule has 6 bridgehead atoms. The van der Waals surface area contributed by atoms with Crippen LogP contribution >= 0.6 is 0 Å². The third kappa shape index (κ3) is 9.33. The number of aromatic nitrogens is 2. The molecule has 378 valence electrons. The van der Waals surface area contributed by atoms with Crippen LogP contribution < -0.4 is 10.7 Å². The van der Waals surface area contributed by atoms with Crippen molar-refractivity contribution in [2.24, 2.45) is 22.7 Å². The number of amides is 3. The van der Waals surface area contributed by atoms with Crippen LogP contribution in [0, 0.1) is 22.7 Å². The van der Waals surface area contributed by atoms with Gasteiger partial charge in [-0.05, 0) is 143 Å². The van der Waals surface area contributed by atoms with Gasteiger partial charge in [-0.1, -0.05) is 70.9 Å². The number of carbonyl (C=O) groups is 4. The number of cyclic esters (lactones) is 1.